The van der Waals surface area contributed by atoms with E-state index in [2.05, 4.69) is 15.3 Å². The highest BCUT2D eigenvalue weighted by Crippen LogP contribution is 2.44. The molecule has 0 radical (unpaired) electrons. The summed E-state index contributed by atoms with van der Waals surface area (Å²) in [5.41, 5.74) is 8.11. The van der Waals surface area contributed by atoms with Crippen molar-refractivity contribution in [3.63, 3.8) is 0 Å². The van der Waals surface area contributed by atoms with Crippen LogP contribution in [-0.2, 0) is 18.9 Å². The van der Waals surface area contributed by atoms with Crippen molar-refractivity contribution in [1.29, 1.82) is 0 Å². The Morgan fingerprint density at radius 3 is 2.77 bits per heavy atom. The SMILES string of the molecule is COC1CC(OC2C(O)OC(C)C(SC)(C(=O)c3nccc4c3[nH]c3ccc(N)cc34)C2O)OCC1NC(C)C. The van der Waals surface area contributed by atoms with Crippen molar-refractivity contribution >= 4 is 45.0 Å². The molecule has 2 aliphatic heterocycles. The van der Waals surface area contributed by atoms with Gasteiger partial charge in [0.2, 0.25) is 5.78 Å². The number of nitrogens with zero attached hydrogens (tertiary/aromatic N) is 1. The number of nitrogens with one attached hydrogen (secondary N) is 2. The number of ether oxygens (including phenoxy) is 4. The third-order valence-electron chi connectivity index (χ3n) is 7.93. The maximum absolute atomic E-state index is 14.4. The summed E-state index contributed by atoms with van der Waals surface area (Å²) >= 11 is 1.15. The van der Waals surface area contributed by atoms with Crippen molar-refractivity contribution in [3.8, 4) is 0 Å². The fourth-order valence-electron chi connectivity index (χ4n) is 5.92. The van der Waals surface area contributed by atoms with E-state index in [0.29, 0.717) is 24.2 Å². The summed E-state index contributed by atoms with van der Waals surface area (Å²) in [4.78, 5) is 22.1. The fraction of sp³-hybridized carbons (Fsp3) is 0.571. The number of carbonyl (C=O) groups excluding carboxylic acids is 1. The number of benzene rings is 1. The number of Topliss-reactive ketones (excluding diaryl/α,β-unsaturated/α-hetero) is 1. The molecule has 6 N–H and O–H groups in total. The number of H-pyrrole nitrogens is 1. The molecular formula is C28H38N4O7S. The molecule has 0 bridgehead atoms. The second kappa shape index (κ2) is 11.5. The van der Waals surface area contributed by atoms with Gasteiger partial charge in [0.25, 0.3) is 0 Å². The highest BCUT2D eigenvalue weighted by Gasteiger charge is 2.60. The lowest BCUT2D eigenvalue weighted by Gasteiger charge is -2.49. The number of hydrogen-bond acceptors (Lipinski definition) is 11. The number of pyridine rings is 1. The van der Waals surface area contributed by atoms with Crippen molar-refractivity contribution < 1.29 is 34.0 Å². The van der Waals surface area contributed by atoms with Crippen LogP contribution in [0, 0.1) is 0 Å². The summed E-state index contributed by atoms with van der Waals surface area (Å²) in [5, 5.41) is 27.7. The molecule has 2 aromatic heterocycles. The molecule has 2 aliphatic rings. The number of methoxy groups -OCH3 is 1. The Labute approximate surface area is 237 Å². The molecule has 8 atom stereocenters. The van der Waals surface area contributed by atoms with Crippen LogP contribution in [-0.4, -0.2) is 99.8 Å². The largest absolute Gasteiger partial charge is 0.399 e. The van der Waals surface area contributed by atoms with E-state index in [1.807, 2.05) is 32.0 Å². The molecule has 0 amide bonds. The highest BCUT2D eigenvalue weighted by molar-refractivity contribution is 8.00. The molecule has 0 aliphatic carbocycles. The minimum atomic E-state index is -1.53. The second-order valence-electron chi connectivity index (χ2n) is 10.8. The number of fused-ring (bicyclic) bond motifs is 3. The van der Waals surface area contributed by atoms with Crippen LogP contribution >= 0.6 is 11.8 Å². The van der Waals surface area contributed by atoms with Crippen LogP contribution in [0.3, 0.4) is 0 Å². The van der Waals surface area contributed by atoms with Crippen molar-refractivity contribution in [2.45, 2.75) is 81.0 Å². The summed E-state index contributed by atoms with van der Waals surface area (Å²) in [6.45, 7) is 6.06. The maximum Gasteiger partial charge on any atom is 0.204 e. The van der Waals surface area contributed by atoms with Gasteiger partial charge in [-0.25, -0.2) is 0 Å². The summed E-state index contributed by atoms with van der Waals surface area (Å²) in [6.07, 6.45) is -2.38. The number of carbonyl (C=O) groups is 1. The van der Waals surface area contributed by atoms with Gasteiger partial charge in [0.15, 0.2) is 12.6 Å². The zero-order valence-electron chi connectivity index (χ0n) is 23.3. The van der Waals surface area contributed by atoms with Crippen LogP contribution in [0.2, 0.25) is 0 Å². The Morgan fingerprint density at radius 2 is 2.08 bits per heavy atom. The predicted octanol–water partition coefficient (Wildman–Crippen LogP) is 2.19. The van der Waals surface area contributed by atoms with Gasteiger partial charge in [-0.3, -0.25) is 9.78 Å². The summed E-state index contributed by atoms with van der Waals surface area (Å²) < 4.78 is 22.0. The van der Waals surface area contributed by atoms with E-state index in [4.69, 9.17) is 24.7 Å². The lowest BCUT2D eigenvalue weighted by molar-refractivity contribution is -0.310. The Morgan fingerprint density at radius 1 is 1.30 bits per heavy atom. The number of nitrogens with two attached hydrogens (primary N) is 1. The van der Waals surface area contributed by atoms with Gasteiger partial charge in [0.1, 0.15) is 22.6 Å². The molecule has 11 nitrogen and oxygen atoms in total. The van der Waals surface area contributed by atoms with Crippen molar-refractivity contribution in [2.24, 2.45) is 0 Å². The number of thioether (sulfide) groups is 1. The summed E-state index contributed by atoms with van der Waals surface area (Å²) in [6, 6.07) is 7.49. The van der Waals surface area contributed by atoms with Gasteiger partial charge < -0.3 is 45.2 Å². The first kappa shape index (κ1) is 29.2. The Balaban J connectivity index is 1.45. The third kappa shape index (κ3) is 5.01. The zero-order valence-corrected chi connectivity index (χ0v) is 24.1. The smallest absolute Gasteiger partial charge is 0.204 e. The first-order valence-corrected chi connectivity index (χ1v) is 14.7. The number of rotatable bonds is 8. The fourth-order valence-corrected chi connectivity index (χ4v) is 6.97. The standard InChI is InChI=1S/C28H38N4O7S/c1-13(2)31-19-12-37-21(11-20(19)36-4)39-24-26(34)28(40-5,14(3)38-27(24)35)25(33)23-22-16(8-9-30-23)17-10-15(29)6-7-18(17)32-22/h6-10,13-14,19-21,24,26-27,31-32,34-35H,11-12,29H2,1-5H3. The monoisotopic (exact) mass is 574 g/mol. The van der Waals surface area contributed by atoms with E-state index in [9.17, 15) is 15.0 Å². The molecule has 12 heteroatoms. The van der Waals surface area contributed by atoms with Crippen LogP contribution < -0.4 is 11.1 Å². The number of ketones is 1. The average Bonchev–Trinajstić information content (AvgIpc) is 3.29. The van der Waals surface area contributed by atoms with Crippen LogP contribution in [0.5, 0.6) is 0 Å². The number of hydrogen-bond donors (Lipinski definition) is 5. The minimum Gasteiger partial charge on any atom is -0.399 e. The van der Waals surface area contributed by atoms with Crippen LogP contribution in [0.15, 0.2) is 30.5 Å². The van der Waals surface area contributed by atoms with Gasteiger partial charge in [0, 0.05) is 47.7 Å². The number of aromatic amines is 1. The number of nitrogen functional groups attached to an aromatic ring is 1. The number of aliphatic hydroxyl groups is 2. The molecule has 8 unspecified atom stereocenters. The number of aromatic nitrogens is 2. The van der Waals surface area contributed by atoms with Gasteiger partial charge in [-0.2, -0.15) is 0 Å². The topological polar surface area (TPSA) is 161 Å². The Hall–Kier alpha value is -2.29. The first-order valence-electron chi connectivity index (χ1n) is 13.4. The molecule has 2 fully saturated rings. The molecule has 1 aromatic carbocycles. The van der Waals surface area contributed by atoms with Crippen molar-refractivity contribution in [3.05, 3.63) is 36.2 Å². The second-order valence-corrected chi connectivity index (χ2v) is 11.8. The molecule has 0 saturated carbocycles. The van der Waals surface area contributed by atoms with Crippen LogP contribution in [0.25, 0.3) is 21.8 Å². The van der Waals surface area contributed by atoms with Gasteiger partial charge in [0.05, 0.1) is 30.4 Å². The van der Waals surface area contributed by atoms with E-state index in [1.165, 1.54) is 0 Å². The average molecular weight is 575 g/mol. The lowest BCUT2D eigenvalue weighted by atomic mass is 9.83. The predicted molar refractivity (Wildman–Crippen MR) is 153 cm³/mol. The van der Waals surface area contributed by atoms with Crippen LogP contribution in [0.1, 0.15) is 37.7 Å². The normalized spacial score (nSPS) is 33.1. The van der Waals surface area contributed by atoms with Crippen molar-refractivity contribution in [2.75, 3.05) is 25.7 Å². The Kier molecular flexibility index (Phi) is 8.42. The lowest BCUT2D eigenvalue weighted by Crippen LogP contribution is -2.68. The van der Waals surface area contributed by atoms with E-state index in [-0.39, 0.29) is 23.9 Å². The molecular weight excluding hydrogens is 536 g/mol. The first-order chi connectivity index (χ1) is 19.1. The van der Waals surface area contributed by atoms with Crippen molar-refractivity contribution in [1.82, 2.24) is 15.3 Å². The summed E-state index contributed by atoms with van der Waals surface area (Å²) in [5.74, 6) is -0.439. The van der Waals surface area contributed by atoms with Gasteiger partial charge in [-0.15, -0.1) is 11.8 Å². The number of anilines is 1. The molecule has 218 valence electrons. The molecule has 3 aromatic rings. The third-order valence-corrected chi connectivity index (χ3v) is 9.36. The van der Waals surface area contributed by atoms with E-state index < -0.39 is 41.4 Å². The quantitative estimate of drug-likeness (QED) is 0.198. The van der Waals surface area contributed by atoms with Gasteiger partial charge in [-0.05, 0) is 37.4 Å². The zero-order chi connectivity index (χ0) is 28.8. The van der Waals surface area contributed by atoms with E-state index >= 15 is 0 Å². The van der Waals surface area contributed by atoms with E-state index in [0.717, 1.165) is 28.1 Å². The highest BCUT2D eigenvalue weighted by atomic mass is 32.2. The van der Waals surface area contributed by atoms with Gasteiger partial charge >= 0.3 is 0 Å². The number of aliphatic hydroxyl groups excluding tert-OH is 2. The van der Waals surface area contributed by atoms with E-state index in [1.54, 1.807) is 32.6 Å². The van der Waals surface area contributed by atoms with Crippen LogP contribution in [0.4, 0.5) is 5.69 Å². The molecule has 4 heterocycles. The minimum absolute atomic E-state index is 0.0348. The Bertz CT molecular complexity index is 1370. The molecule has 0 spiro atoms. The molecule has 40 heavy (non-hydrogen) atoms. The summed E-state index contributed by atoms with van der Waals surface area (Å²) in [7, 11) is 1.63. The molecule has 2 saturated heterocycles. The van der Waals surface area contributed by atoms with Gasteiger partial charge in [-0.1, -0.05) is 13.8 Å². The maximum atomic E-state index is 14.4. The molecule has 5 rings (SSSR count).